The Balaban J connectivity index is 0.00000144. The van der Waals surface area contributed by atoms with Crippen molar-refractivity contribution in [1.82, 2.24) is 0 Å². The fourth-order valence-electron chi connectivity index (χ4n) is 3.08. The molecule has 1 fully saturated rings. The van der Waals surface area contributed by atoms with Crippen molar-refractivity contribution < 1.29 is 0 Å². The fourth-order valence-corrected chi connectivity index (χ4v) is 3.08. The third-order valence-electron chi connectivity index (χ3n) is 4.03. The Morgan fingerprint density at radius 1 is 1.06 bits per heavy atom. The molecule has 0 amide bonds. The average molecular weight is 254 g/mol. The maximum Gasteiger partial charge on any atom is 0.0328 e. The molecule has 0 bridgehead atoms. The summed E-state index contributed by atoms with van der Waals surface area (Å²) in [5.74, 6) is 0.702. The number of hydrogen-bond acceptors (Lipinski definition) is 1. The Hall–Kier alpha value is -0.530. The number of hydrogen-bond donors (Lipinski definition) is 1. The van der Waals surface area contributed by atoms with Gasteiger partial charge in [-0.2, -0.15) is 0 Å². The monoisotopic (exact) mass is 253 g/mol. The van der Waals surface area contributed by atoms with Gasteiger partial charge in [0.25, 0.3) is 0 Å². The molecule has 0 aliphatic heterocycles. The van der Waals surface area contributed by atoms with E-state index < -0.39 is 0 Å². The first-order valence-electron chi connectivity index (χ1n) is 6.52. The SMILES string of the molecule is Cc1cccc(C)c1[C@H](N)C1CCCCC1.Cl. The van der Waals surface area contributed by atoms with E-state index in [1.807, 2.05) is 0 Å². The molecule has 1 aliphatic rings. The van der Waals surface area contributed by atoms with Crippen LogP contribution in [0.2, 0.25) is 0 Å². The molecule has 2 rings (SSSR count). The molecule has 1 aliphatic carbocycles. The van der Waals surface area contributed by atoms with Crippen molar-refractivity contribution >= 4 is 12.4 Å². The van der Waals surface area contributed by atoms with Gasteiger partial charge in [0.05, 0.1) is 0 Å². The first kappa shape index (κ1) is 14.5. The molecule has 17 heavy (non-hydrogen) atoms. The van der Waals surface area contributed by atoms with E-state index in [0.29, 0.717) is 5.92 Å². The van der Waals surface area contributed by atoms with Crippen LogP contribution in [0.4, 0.5) is 0 Å². The topological polar surface area (TPSA) is 26.0 Å². The van der Waals surface area contributed by atoms with E-state index in [0.717, 1.165) is 0 Å². The highest BCUT2D eigenvalue weighted by Gasteiger charge is 2.23. The zero-order chi connectivity index (χ0) is 11.5. The Morgan fingerprint density at radius 3 is 2.12 bits per heavy atom. The Bertz CT molecular complexity index is 336. The average Bonchev–Trinajstić information content (AvgIpc) is 2.30. The van der Waals surface area contributed by atoms with Crippen LogP contribution in [0, 0.1) is 19.8 Å². The summed E-state index contributed by atoms with van der Waals surface area (Å²) in [5.41, 5.74) is 10.6. The van der Waals surface area contributed by atoms with Crippen molar-refractivity contribution in [2.75, 3.05) is 0 Å². The molecule has 0 saturated heterocycles. The maximum absolute atomic E-state index is 6.47. The summed E-state index contributed by atoms with van der Waals surface area (Å²) >= 11 is 0. The van der Waals surface area contributed by atoms with Crippen LogP contribution < -0.4 is 5.73 Å². The van der Waals surface area contributed by atoms with E-state index in [1.165, 1.54) is 48.8 Å². The maximum atomic E-state index is 6.47. The van der Waals surface area contributed by atoms with Gasteiger partial charge < -0.3 is 5.73 Å². The molecule has 0 unspecified atom stereocenters. The van der Waals surface area contributed by atoms with E-state index in [4.69, 9.17) is 5.73 Å². The van der Waals surface area contributed by atoms with Crippen molar-refractivity contribution in [2.45, 2.75) is 52.0 Å². The first-order chi connectivity index (χ1) is 7.70. The van der Waals surface area contributed by atoms with E-state index in [-0.39, 0.29) is 18.4 Å². The molecule has 96 valence electrons. The molecule has 0 spiro atoms. The van der Waals surface area contributed by atoms with Gasteiger partial charge in [-0.15, -0.1) is 12.4 Å². The van der Waals surface area contributed by atoms with Gasteiger partial charge in [-0.1, -0.05) is 37.5 Å². The van der Waals surface area contributed by atoms with E-state index >= 15 is 0 Å². The zero-order valence-electron chi connectivity index (χ0n) is 10.9. The van der Waals surface area contributed by atoms with Crippen LogP contribution in [0.3, 0.4) is 0 Å². The summed E-state index contributed by atoms with van der Waals surface area (Å²) in [6, 6.07) is 6.75. The highest BCUT2D eigenvalue weighted by molar-refractivity contribution is 5.85. The van der Waals surface area contributed by atoms with Crippen LogP contribution >= 0.6 is 12.4 Å². The summed E-state index contributed by atoms with van der Waals surface area (Å²) in [7, 11) is 0. The lowest BCUT2D eigenvalue weighted by atomic mass is 9.79. The Labute approximate surface area is 111 Å². The summed E-state index contributed by atoms with van der Waals surface area (Å²) in [5, 5.41) is 0. The second-order valence-corrected chi connectivity index (χ2v) is 5.23. The Kier molecular flexibility index (Phi) is 5.48. The predicted molar refractivity (Wildman–Crippen MR) is 76.7 cm³/mol. The van der Waals surface area contributed by atoms with Gasteiger partial charge in [-0.25, -0.2) is 0 Å². The van der Waals surface area contributed by atoms with Crippen molar-refractivity contribution in [3.05, 3.63) is 34.9 Å². The minimum atomic E-state index is 0. The summed E-state index contributed by atoms with van der Waals surface area (Å²) in [6.45, 7) is 4.37. The standard InChI is InChI=1S/C15H23N.ClH/c1-11-7-6-8-12(2)14(11)15(16)13-9-4-3-5-10-13;/h6-8,13,15H,3-5,9-10,16H2,1-2H3;1H/t15-;/m1./s1. The highest BCUT2D eigenvalue weighted by atomic mass is 35.5. The molecule has 0 heterocycles. The molecule has 1 saturated carbocycles. The second kappa shape index (κ2) is 6.42. The van der Waals surface area contributed by atoms with Crippen molar-refractivity contribution in [3.63, 3.8) is 0 Å². The van der Waals surface area contributed by atoms with Crippen LogP contribution in [-0.4, -0.2) is 0 Å². The minimum Gasteiger partial charge on any atom is -0.324 e. The van der Waals surface area contributed by atoms with Crippen molar-refractivity contribution in [1.29, 1.82) is 0 Å². The lowest BCUT2D eigenvalue weighted by molar-refractivity contribution is 0.307. The van der Waals surface area contributed by atoms with Crippen LogP contribution in [0.25, 0.3) is 0 Å². The third kappa shape index (κ3) is 3.23. The highest BCUT2D eigenvalue weighted by Crippen LogP contribution is 2.35. The molecule has 0 radical (unpaired) electrons. The summed E-state index contributed by atoms with van der Waals surface area (Å²) in [6.07, 6.45) is 6.76. The molecule has 1 nitrogen and oxygen atoms in total. The molecule has 1 aromatic carbocycles. The van der Waals surface area contributed by atoms with E-state index in [9.17, 15) is 0 Å². The predicted octanol–water partition coefficient (Wildman–Crippen LogP) is 4.31. The third-order valence-corrected chi connectivity index (χ3v) is 4.03. The number of halogens is 1. The molecule has 0 aromatic heterocycles. The molecule has 2 heteroatoms. The van der Waals surface area contributed by atoms with Gasteiger partial charge in [0.2, 0.25) is 0 Å². The van der Waals surface area contributed by atoms with E-state index in [1.54, 1.807) is 0 Å². The fraction of sp³-hybridized carbons (Fsp3) is 0.600. The van der Waals surface area contributed by atoms with Gasteiger partial charge in [0, 0.05) is 6.04 Å². The smallest absolute Gasteiger partial charge is 0.0328 e. The van der Waals surface area contributed by atoms with Gasteiger partial charge in [0.1, 0.15) is 0 Å². The van der Waals surface area contributed by atoms with Gasteiger partial charge in [-0.3, -0.25) is 0 Å². The van der Waals surface area contributed by atoms with Crippen molar-refractivity contribution in [2.24, 2.45) is 11.7 Å². The van der Waals surface area contributed by atoms with Crippen LogP contribution in [0.5, 0.6) is 0 Å². The quantitative estimate of drug-likeness (QED) is 0.835. The lowest BCUT2D eigenvalue weighted by Gasteiger charge is -2.29. The Morgan fingerprint density at radius 2 is 1.59 bits per heavy atom. The second-order valence-electron chi connectivity index (χ2n) is 5.23. The van der Waals surface area contributed by atoms with Gasteiger partial charge >= 0.3 is 0 Å². The molecule has 1 aromatic rings. The van der Waals surface area contributed by atoms with Crippen LogP contribution in [-0.2, 0) is 0 Å². The zero-order valence-corrected chi connectivity index (χ0v) is 11.7. The first-order valence-corrected chi connectivity index (χ1v) is 6.52. The molecular weight excluding hydrogens is 230 g/mol. The van der Waals surface area contributed by atoms with Crippen LogP contribution in [0.1, 0.15) is 54.8 Å². The molecule has 1 atom stereocenters. The largest absolute Gasteiger partial charge is 0.324 e. The van der Waals surface area contributed by atoms with Gasteiger partial charge in [0.15, 0.2) is 0 Å². The molecular formula is C15H24ClN. The number of aryl methyl sites for hydroxylation is 2. The number of benzene rings is 1. The normalized spacial score (nSPS) is 18.5. The summed E-state index contributed by atoms with van der Waals surface area (Å²) < 4.78 is 0. The van der Waals surface area contributed by atoms with Crippen LogP contribution in [0.15, 0.2) is 18.2 Å². The van der Waals surface area contributed by atoms with Gasteiger partial charge in [-0.05, 0) is 49.3 Å². The minimum absolute atomic E-state index is 0. The van der Waals surface area contributed by atoms with Crippen molar-refractivity contribution in [3.8, 4) is 0 Å². The lowest BCUT2D eigenvalue weighted by Crippen LogP contribution is -2.25. The number of nitrogens with two attached hydrogens (primary N) is 1. The molecule has 2 N–H and O–H groups in total. The summed E-state index contributed by atoms with van der Waals surface area (Å²) in [4.78, 5) is 0. The van der Waals surface area contributed by atoms with E-state index in [2.05, 4.69) is 32.0 Å². The number of rotatable bonds is 2.